The van der Waals surface area contributed by atoms with Crippen molar-refractivity contribution in [3.63, 3.8) is 0 Å². The minimum absolute atomic E-state index is 0.0413. The topological polar surface area (TPSA) is 123 Å². The summed E-state index contributed by atoms with van der Waals surface area (Å²) in [4.78, 5) is 23.7. The molecule has 9 heteroatoms. The number of aliphatic carboxylic acids is 1. The molecular formula is C10H15N3O5S. The van der Waals surface area contributed by atoms with Crippen molar-refractivity contribution in [3.8, 4) is 0 Å². The number of carboxylic acid groups (broad SMARTS) is 1. The summed E-state index contributed by atoms with van der Waals surface area (Å²) in [6.07, 6.45) is 1.20. The van der Waals surface area contributed by atoms with E-state index < -0.39 is 27.9 Å². The lowest BCUT2D eigenvalue weighted by Gasteiger charge is -2.21. The third-order valence-corrected chi connectivity index (χ3v) is 3.67. The lowest BCUT2D eigenvalue weighted by molar-refractivity contribution is -0.141. The molecule has 0 radical (unpaired) electrons. The van der Waals surface area contributed by atoms with Gasteiger partial charge in [0, 0.05) is 20.3 Å². The third kappa shape index (κ3) is 3.12. The van der Waals surface area contributed by atoms with Gasteiger partial charge in [-0.1, -0.05) is 0 Å². The Morgan fingerprint density at radius 3 is 2.37 bits per heavy atom. The number of likely N-dealkylation sites (N-methyl/N-ethyl adjacent to an activating group) is 1. The fraction of sp³-hybridized carbons (Fsp3) is 0.400. The molecule has 0 saturated heterocycles. The number of carboxylic acids is 1. The lowest BCUT2D eigenvalue weighted by Crippen LogP contribution is -2.40. The van der Waals surface area contributed by atoms with Crippen molar-refractivity contribution in [1.29, 1.82) is 0 Å². The molecule has 8 nitrogen and oxygen atoms in total. The van der Waals surface area contributed by atoms with E-state index >= 15 is 0 Å². The van der Waals surface area contributed by atoms with E-state index in [4.69, 9.17) is 10.2 Å². The summed E-state index contributed by atoms with van der Waals surface area (Å²) >= 11 is 0. The highest BCUT2D eigenvalue weighted by Crippen LogP contribution is 2.14. The number of primary sulfonamides is 1. The van der Waals surface area contributed by atoms with Gasteiger partial charge < -0.3 is 14.6 Å². The highest BCUT2D eigenvalue weighted by Gasteiger charge is 2.26. The molecule has 0 saturated carbocycles. The Labute approximate surface area is 110 Å². The molecule has 0 fully saturated rings. The van der Waals surface area contributed by atoms with Gasteiger partial charge in [-0.05, 0) is 13.0 Å². The van der Waals surface area contributed by atoms with Crippen LogP contribution in [-0.2, 0) is 21.9 Å². The third-order valence-electron chi connectivity index (χ3n) is 2.79. The second-order valence-corrected chi connectivity index (χ2v) is 5.71. The van der Waals surface area contributed by atoms with E-state index in [1.165, 1.54) is 31.8 Å². The Kier molecular flexibility index (Phi) is 4.01. The molecule has 0 aliphatic rings. The highest BCUT2D eigenvalue weighted by atomic mass is 32.2. The van der Waals surface area contributed by atoms with Gasteiger partial charge in [-0.15, -0.1) is 0 Å². The van der Waals surface area contributed by atoms with Crippen LogP contribution in [0.5, 0.6) is 0 Å². The van der Waals surface area contributed by atoms with Crippen LogP contribution in [0.25, 0.3) is 0 Å². The standard InChI is InChI=1S/C10H15N3O5S/c1-6(10(15)16)13(3)9(14)8-4-7(5-12(8)2)19(11,17)18/h4-6H,1-3H3,(H,15,16)(H2,11,17,18). The van der Waals surface area contributed by atoms with Gasteiger partial charge in [-0.25, -0.2) is 18.4 Å². The smallest absolute Gasteiger partial charge is 0.326 e. The average Bonchev–Trinajstić information content (AvgIpc) is 2.68. The molecule has 1 atom stereocenters. The van der Waals surface area contributed by atoms with E-state index in [2.05, 4.69) is 0 Å². The predicted molar refractivity (Wildman–Crippen MR) is 66.0 cm³/mol. The number of nitrogens with zero attached hydrogens (tertiary/aromatic N) is 2. The normalized spacial score (nSPS) is 13.1. The molecule has 1 rings (SSSR count). The quantitative estimate of drug-likeness (QED) is 0.752. The summed E-state index contributed by atoms with van der Waals surface area (Å²) in [6.45, 7) is 1.35. The summed E-state index contributed by atoms with van der Waals surface area (Å²) < 4.78 is 23.6. The molecular weight excluding hydrogens is 274 g/mol. The molecule has 1 aromatic heterocycles. The monoisotopic (exact) mass is 289 g/mol. The number of amides is 1. The number of sulfonamides is 1. The number of aryl methyl sites for hydroxylation is 1. The number of carbonyl (C=O) groups excluding carboxylic acids is 1. The Bertz CT molecular complexity index is 619. The molecule has 1 amide bonds. The van der Waals surface area contributed by atoms with Crippen molar-refractivity contribution in [1.82, 2.24) is 9.47 Å². The van der Waals surface area contributed by atoms with Crippen LogP contribution in [0.1, 0.15) is 17.4 Å². The van der Waals surface area contributed by atoms with E-state index in [-0.39, 0.29) is 10.6 Å². The van der Waals surface area contributed by atoms with Crippen LogP contribution >= 0.6 is 0 Å². The molecule has 0 aromatic carbocycles. The number of rotatable bonds is 4. The minimum atomic E-state index is -3.91. The van der Waals surface area contributed by atoms with Crippen LogP contribution < -0.4 is 5.14 Å². The Balaban J connectivity index is 3.14. The molecule has 106 valence electrons. The molecule has 3 N–H and O–H groups in total. The van der Waals surface area contributed by atoms with E-state index in [1.807, 2.05) is 0 Å². The molecule has 0 spiro atoms. The fourth-order valence-electron chi connectivity index (χ4n) is 1.42. The van der Waals surface area contributed by atoms with E-state index in [9.17, 15) is 18.0 Å². The van der Waals surface area contributed by atoms with Gasteiger partial charge in [0.15, 0.2) is 0 Å². The average molecular weight is 289 g/mol. The van der Waals surface area contributed by atoms with E-state index in [1.54, 1.807) is 0 Å². The molecule has 1 aromatic rings. The SMILES string of the molecule is CC(C(=O)O)N(C)C(=O)c1cc(S(N)(=O)=O)cn1C. The van der Waals surface area contributed by atoms with E-state index in [0.29, 0.717) is 0 Å². The first-order chi connectivity index (χ1) is 8.55. The number of nitrogens with two attached hydrogens (primary N) is 1. The van der Waals surface area contributed by atoms with Crippen LogP contribution in [0.2, 0.25) is 0 Å². The van der Waals surface area contributed by atoms with Gasteiger partial charge in [-0.3, -0.25) is 4.79 Å². The van der Waals surface area contributed by atoms with E-state index in [0.717, 1.165) is 11.0 Å². The number of aromatic nitrogens is 1. The summed E-state index contributed by atoms with van der Waals surface area (Å²) in [5.41, 5.74) is 0.0413. The molecule has 1 unspecified atom stereocenters. The first kappa shape index (κ1) is 15.2. The van der Waals surface area contributed by atoms with Crippen LogP contribution in [0.3, 0.4) is 0 Å². The lowest BCUT2D eigenvalue weighted by atomic mass is 10.2. The Morgan fingerprint density at radius 2 is 2.00 bits per heavy atom. The maximum atomic E-state index is 12.1. The van der Waals surface area contributed by atoms with Crippen LogP contribution in [0, 0.1) is 0 Å². The zero-order valence-corrected chi connectivity index (χ0v) is 11.5. The van der Waals surface area contributed by atoms with Crippen molar-refractivity contribution in [2.24, 2.45) is 12.2 Å². The first-order valence-electron chi connectivity index (χ1n) is 5.25. The second-order valence-electron chi connectivity index (χ2n) is 4.15. The van der Waals surface area contributed by atoms with Crippen molar-refractivity contribution < 1.29 is 23.1 Å². The van der Waals surface area contributed by atoms with Crippen molar-refractivity contribution >= 4 is 21.9 Å². The summed E-state index contributed by atoms with van der Waals surface area (Å²) in [5.74, 6) is -1.76. The number of carbonyl (C=O) groups is 2. The Morgan fingerprint density at radius 1 is 1.47 bits per heavy atom. The predicted octanol–water partition coefficient (Wildman–Crippen LogP) is -0.782. The van der Waals surface area contributed by atoms with Crippen molar-refractivity contribution in [3.05, 3.63) is 18.0 Å². The van der Waals surface area contributed by atoms with Gasteiger partial charge >= 0.3 is 5.97 Å². The molecule has 0 bridgehead atoms. The fourth-order valence-corrected chi connectivity index (χ4v) is 2.01. The van der Waals surface area contributed by atoms with Gasteiger partial charge in [0.2, 0.25) is 10.0 Å². The van der Waals surface area contributed by atoms with Crippen LogP contribution in [-0.4, -0.2) is 48.0 Å². The first-order valence-corrected chi connectivity index (χ1v) is 6.79. The number of hydrogen-bond donors (Lipinski definition) is 2. The highest BCUT2D eigenvalue weighted by molar-refractivity contribution is 7.89. The largest absolute Gasteiger partial charge is 0.480 e. The summed E-state index contributed by atoms with van der Waals surface area (Å²) in [5, 5.41) is 13.8. The molecule has 1 heterocycles. The van der Waals surface area contributed by atoms with Gasteiger partial charge in [0.25, 0.3) is 5.91 Å². The zero-order chi connectivity index (χ0) is 15.0. The van der Waals surface area contributed by atoms with Gasteiger partial charge in [0.05, 0.1) is 0 Å². The Hall–Kier alpha value is -1.87. The molecule has 0 aliphatic carbocycles. The maximum Gasteiger partial charge on any atom is 0.326 e. The van der Waals surface area contributed by atoms with Crippen molar-refractivity contribution in [2.75, 3.05) is 7.05 Å². The van der Waals surface area contributed by atoms with Crippen LogP contribution in [0.4, 0.5) is 0 Å². The molecule has 0 aliphatic heterocycles. The molecule has 19 heavy (non-hydrogen) atoms. The summed E-state index contributed by atoms with van der Waals surface area (Å²) in [6, 6.07) is 0.0864. The van der Waals surface area contributed by atoms with Gasteiger partial charge in [-0.2, -0.15) is 0 Å². The van der Waals surface area contributed by atoms with Gasteiger partial charge in [0.1, 0.15) is 16.6 Å². The summed E-state index contributed by atoms with van der Waals surface area (Å²) in [7, 11) is -1.11. The van der Waals surface area contributed by atoms with Crippen molar-refractivity contribution in [2.45, 2.75) is 17.9 Å². The van der Waals surface area contributed by atoms with Crippen LogP contribution in [0.15, 0.2) is 17.2 Å². The maximum absolute atomic E-state index is 12.1. The zero-order valence-electron chi connectivity index (χ0n) is 10.7. The number of hydrogen-bond acceptors (Lipinski definition) is 4. The second kappa shape index (κ2) is 5.02. The minimum Gasteiger partial charge on any atom is -0.480 e.